The summed E-state index contributed by atoms with van der Waals surface area (Å²) in [6.07, 6.45) is 0.361. The number of H-pyrrole nitrogens is 1. The van der Waals surface area contributed by atoms with Crippen LogP contribution in [-0.4, -0.2) is 66.3 Å². The number of carbonyl (C=O) groups excluding carboxylic acids is 1. The highest BCUT2D eigenvalue weighted by atomic mass is 32.2. The molecule has 0 bridgehead atoms. The quantitative estimate of drug-likeness (QED) is 0.555. The second-order valence-electron chi connectivity index (χ2n) is 9.13. The Kier molecular flexibility index (Phi) is 5.51. The number of rotatable bonds is 5. The topological polar surface area (TPSA) is 122 Å². The van der Waals surface area contributed by atoms with Crippen molar-refractivity contribution in [2.75, 3.05) is 25.7 Å². The third-order valence-electron chi connectivity index (χ3n) is 6.83. The third kappa shape index (κ3) is 3.72. The summed E-state index contributed by atoms with van der Waals surface area (Å²) in [7, 11) is -0.165. The number of aryl methyl sites for hydroxylation is 2. The SMILES string of the molecule is COc1ccc(C2c3c(-c4cc(C)cc(C)c4O)n[nH]c3C(=O)N2C2CCS(=O)(=O)C2)cc1OC. The number of sulfone groups is 1. The van der Waals surface area contributed by atoms with Gasteiger partial charge in [-0.3, -0.25) is 9.89 Å². The Bertz CT molecular complexity index is 1450. The number of ether oxygens (including phenoxy) is 2. The van der Waals surface area contributed by atoms with Crippen LogP contribution in [0.5, 0.6) is 17.2 Å². The molecule has 0 saturated carbocycles. The predicted octanol–water partition coefficient (Wildman–Crippen LogP) is 3.15. The number of nitrogens with one attached hydrogen (secondary N) is 1. The van der Waals surface area contributed by atoms with Gasteiger partial charge in [0.2, 0.25) is 0 Å². The van der Waals surface area contributed by atoms with E-state index in [0.717, 1.165) is 11.1 Å². The number of fused-ring (bicyclic) bond motifs is 1. The van der Waals surface area contributed by atoms with E-state index in [1.165, 1.54) is 7.11 Å². The van der Waals surface area contributed by atoms with Crippen LogP contribution in [0.1, 0.15) is 45.2 Å². The first-order valence-corrected chi connectivity index (χ1v) is 13.1. The molecular formula is C25H27N3O6S. The molecule has 1 aromatic heterocycles. The molecule has 184 valence electrons. The van der Waals surface area contributed by atoms with Crippen molar-refractivity contribution in [1.82, 2.24) is 15.1 Å². The van der Waals surface area contributed by atoms with Crippen LogP contribution >= 0.6 is 0 Å². The lowest BCUT2D eigenvalue weighted by Gasteiger charge is -2.31. The molecule has 2 aliphatic rings. The molecule has 3 heterocycles. The first-order valence-electron chi connectivity index (χ1n) is 11.3. The summed E-state index contributed by atoms with van der Waals surface area (Å²) in [4.78, 5) is 15.3. The van der Waals surface area contributed by atoms with Gasteiger partial charge in [-0.05, 0) is 55.2 Å². The molecule has 0 radical (unpaired) electrons. The zero-order valence-electron chi connectivity index (χ0n) is 20.0. The number of benzene rings is 2. The maximum atomic E-state index is 13.7. The molecule has 0 spiro atoms. The Hall–Kier alpha value is -3.53. The van der Waals surface area contributed by atoms with Gasteiger partial charge in [0.25, 0.3) is 5.91 Å². The zero-order chi connectivity index (χ0) is 25.1. The van der Waals surface area contributed by atoms with Crippen LogP contribution in [-0.2, 0) is 9.84 Å². The third-order valence-corrected chi connectivity index (χ3v) is 8.58. The fourth-order valence-electron chi connectivity index (χ4n) is 5.23. The highest BCUT2D eigenvalue weighted by Crippen LogP contribution is 2.48. The summed E-state index contributed by atoms with van der Waals surface area (Å²) >= 11 is 0. The minimum absolute atomic E-state index is 0.0387. The van der Waals surface area contributed by atoms with Crippen LogP contribution in [0.4, 0.5) is 0 Å². The van der Waals surface area contributed by atoms with Crippen LogP contribution in [0.2, 0.25) is 0 Å². The van der Waals surface area contributed by atoms with E-state index < -0.39 is 21.9 Å². The molecule has 35 heavy (non-hydrogen) atoms. The number of methoxy groups -OCH3 is 2. The smallest absolute Gasteiger partial charge is 0.273 e. The molecule has 1 saturated heterocycles. The van der Waals surface area contributed by atoms with Crippen molar-refractivity contribution >= 4 is 15.7 Å². The van der Waals surface area contributed by atoms with Gasteiger partial charge >= 0.3 is 0 Å². The number of phenols is 1. The van der Waals surface area contributed by atoms with Gasteiger partial charge in [0.1, 0.15) is 17.1 Å². The van der Waals surface area contributed by atoms with Crippen LogP contribution in [0.15, 0.2) is 30.3 Å². The Balaban J connectivity index is 1.73. The summed E-state index contributed by atoms with van der Waals surface area (Å²) in [6.45, 7) is 3.74. The van der Waals surface area contributed by atoms with Crippen molar-refractivity contribution in [3.63, 3.8) is 0 Å². The maximum absolute atomic E-state index is 13.7. The van der Waals surface area contributed by atoms with Gasteiger partial charge in [-0.15, -0.1) is 0 Å². The number of aromatic hydroxyl groups is 1. The lowest BCUT2D eigenvalue weighted by atomic mass is 9.93. The molecule has 10 heteroatoms. The second kappa shape index (κ2) is 8.30. The molecule has 2 unspecified atom stereocenters. The van der Waals surface area contributed by atoms with Gasteiger partial charge in [-0.25, -0.2) is 8.42 Å². The predicted molar refractivity (Wildman–Crippen MR) is 130 cm³/mol. The van der Waals surface area contributed by atoms with Crippen molar-refractivity contribution in [3.05, 3.63) is 58.3 Å². The number of aromatic nitrogens is 2. The Morgan fingerprint density at radius 2 is 1.86 bits per heavy atom. The number of hydrogen-bond donors (Lipinski definition) is 2. The fourth-order valence-corrected chi connectivity index (χ4v) is 6.94. The molecule has 1 amide bonds. The van der Waals surface area contributed by atoms with E-state index in [-0.39, 0.29) is 23.2 Å². The van der Waals surface area contributed by atoms with E-state index in [0.29, 0.717) is 46.0 Å². The van der Waals surface area contributed by atoms with Gasteiger partial charge in [0.15, 0.2) is 21.3 Å². The van der Waals surface area contributed by atoms with Gasteiger partial charge in [0.05, 0.1) is 31.8 Å². The molecule has 0 aliphatic carbocycles. The lowest BCUT2D eigenvalue weighted by molar-refractivity contribution is 0.0677. The monoisotopic (exact) mass is 497 g/mol. The normalized spacial score (nSPS) is 20.8. The van der Waals surface area contributed by atoms with E-state index in [4.69, 9.17) is 9.47 Å². The molecule has 2 N–H and O–H groups in total. The lowest BCUT2D eigenvalue weighted by Crippen LogP contribution is -2.40. The van der Waals surface area contributed by atoms with E-state index in [2.05, 4.69) is 10.2 Å². The number of phenolic OH excluding ortho intramolecular Hbond substituents is 1. The largest absolute Gasteiger partial charge is 0.507 e. The van der Waals surface area contributed by atoms with E-state index >= 15 is 0 Å². The molecule has 2 aromatic carbocycles. The van der Waals surface area contributed by atoms with Crippen molar-refractivity contribution in [2.24, 2.45) is 0 Å². The van der Waals surface area contributed by atoms with Crippen LogP contribution in [0, 0.1) is 13.8 Å². The number of aromatic amines is 1. The van der Waals surface area contributed by atoms with Crippen molar-refractivity contribution in [2.45, 2.75) is 32.4 Å². The molecule has 3 aromatic rings. The fraction of sp³-hybridized carbons (Fsp3) is 0.360. The van der Waals surface area contributed by atoms with Crippen molar-refractivity contribution in [1.29, 1.82) is 0 Å². The number of nitrogens with zero attached hydrogens (tertiary/aromatic N) is 2. The standard InChI is InChI=1S/C25H27N3O6S/c1-13-9-14(2)24(29)17(10-13)21-20-22(27-26-21)25(30)28(16-7-8-35(31,32)12-16)23(20)15-5-6-18(33-3)19(11-15)34-4/h5-6,9-11,16,23,29H,7-8,12H2,1-4H3,(H,26,27). The van der Waals surface area contributed by atoms with Gasteiger partial charge in [0, 0.05) is 17.2 Å². The minimum Gasteiger partial charge on any atom is -0.507 e. The van der Waals surface area contributed by atoms with E-state index in [1.807, 2.05) is 32.0 Å². The first kappa shape index (κ1) is 23.2. The molecule has 9 nitrogen and oxygen atoms in total. The maximum Gasteiger partial charge on any atom is 0.273 e. The first-order chi connectivity index (χ1) is 16.6. The summed E-state index contributed by atoms with van der Waals surface area (Å²) in [5.74, 6) is 0.746. The molecule has 2 aliphatic heterocycles. The highest BCUT2D eigenvalue weighted by Gasteiger charge is 2.48. The van der Waals surface area contributed by atoms with Crippen molar-refractivity contribution < 1.29 is 27.8 Å². The zero-order valence-corrected chi connectivity index (χ0v) is 20.8. The average Bonchev–Trinajstić information content (AvgIpc) is 3.48. The second-order valence-corrected chi connectivity index (χ2v) is 11.4. The minimum atomic E-state index is -3.24. The Morgan fingerprint density at radius 1 is 1.11 bits per heavy atom. The van der Waals surface area contributed by atoms with Crippen molar-refractivity contribution in [3.8, 4) is 28.5 Å². The van der Waals surface area contributed by atoms with E-state index in [9.17, 15) is 18.3 Å². The van der Waals surface area contributed by atoms with Gasteiger partial charge in [-0.1, -0.05) is 12.1 Å². The van der Waals surface area contributed by atoms with Crippen LogP contribution in [0.25, 0.3) is 11.3 Å². The number of carbonyl (C=O) groups is 1. The summed E-state index contributed by atoms with van der Waals surface area (Å²) in [5.41, 5.74) is 4.24. The number of hydrogen-bond acceptors (Lipinski definition) is 7. The number of amides is 1. The average molecular weight is 498 g/mol. The summed E-state index contributed by atoms with van der Waals surface area (Å²) in [5, 5.41) is 18.2. The molecular weight excluding hydrogens is 470 g/mol. The van der Waals surface area contributed by atoms with E-state index in [1.54, 1.807) is 24.1 Å². The Labute approximate surface area is 203 Å². The molecule has 5 rings (SSSR count). The van der Waals surface area contributed by atoms with Crippen LogP contribution < -0.4 is 9.47 Å². The molecule has 2 atom stereocenters. The molecule has 1 fully saturated rings. The summed E-state index contributed by atoms with van der Waals surface area (Å²) < 4.78 is 35.5. The Morgan fingerprint density at radius 3 is 2.51 bits per heavy atom. The van der Waals surface area contributed by atoms with Crippen LogP contribution in [0.3, 0.4) is 0 Å². The highest BCUT2D eigenvalue weighted by molar-refractivity contribution is 7.91. The van der Waals surface area contributed by atoms with Gasteiger partial charge < -0.3 is 19.5 Å². The summed E-state index contributed by atoms with van der Waals surface area (Å²) in [6, 6.07) is 7.99. The van der Waals surface area contributed by atoms with Gasteiger partial charge in [-0.2, -0.15) is 5.10 Å².